The van der Waals surface area contributed by atoms with Crippen LogP contribution in [0, 0.1) is 0 Å². The van der Waals surface area contributed by atoms with Crippen molar-refractivity contribution >= 4 is 11.3 Å². The summed E-state index contributed by atoms with van der Waals surface area (Å²) < 4.78 is 48.6. The minimum atomic E-state index is -4.35. The molecule has 18 heavy (non-hydrogen) atoms. The van der Waals surface area contributed by atoms with Crippen LogP contribution >= 0.6 is 11.3 Å². The summed E-state index contributed by atoms with van der Waals surface area (Å²) >= 11 is 1.39. The van der Waals surface area contributed by atoms with Gasteiger partial charge >= 0.3 is 6.18 Å². The van der Waals surface area contributed by atoms with Crippen molar-refractivity contribution in [2.75, 3.05) is 0 Å². The van der Waals surface area contributed by atoms with Crippen LogP contribution in [0.4, 0.5) is 13.2 Å². The molecule has 1 saturated heterocycles. The molecule has 1 aromatic rings. The first-order valence-corrected chi connectivity index (χ1v) is 6.12. The number of rotatable bonds is 1. The van der Waals surface area contributed by atoms with Gasteiger partial charge in [0.1, 0.15) is 0 Å². The van der Waals surface area contributed by atoms with Gasteiger partial charge < -0.3 is 9.47 Å². The van der Waals surface area contributed by atoms with Crippen molar-refractivity contribution in [3.05, 3.63) is 22.4 Å². The Kier molecular flexibility index (Phi) is 4.46. The normalized spacial score (nSPS) is 27.6. The third kappa shape index (κ3) is 3.46. The van der Waals surface area contributed by atoms with Crippen molar-refractivity contribution in [2.24, 2.45) is 0 Å². The number of hydrogen-bond acceptors (Lipinski definition) is 3. The predicted molar refractivity (Wildman–Crippen MR) is 64.5 cm³/mol. The van der Waals surface area contributed by atoms with Crippen LogP contribution in [-0.4, -0.2) is 18.1 Å². The summed E-state index contributed by atoms with van der Waals surface area (Å²) in [5, 5.41) is 1.82. The molecule has 0 amide bonds. The first-order valence-electron chi connectivity index (χ1n) is 5.24. The van der Waals surface area contributed by atoms with Crippen molar-refractivity contribution in [3.8, 4) is 0 Å². The molecule has 1 fully saturated rings. The summed E-state index contributed by atoms with van der Waals surface area (Å²) in [6, 6.07) is 3.58. The number of hydrogen-bond donors (Lipinski definition) is 0. The van der Waals surface area contributed by atoms with Crippen LogP contribution in [0.25, 0.3) is 0 Å². The highest BCUT2D eigenvalue weighted by Crippen LogP contribution is 2.42. The molecule has 0 saturated carbocycles. The lowest BCUT2D eigenvalue weighted by Gasteiger charge is -2.41. The molecule has 1 aliphatic rings. The van der Waals surface area contributed by atoms with Gasteiger partial charge in [-0.2, -0.15) is 13.2 Å². The Morgan fingerprint density at radius 3 is 2.50 bits per heavy atom. The Labute approximate surface area is 109 Å². The smallest absolute Gasteiger partial charge is 0.342 e. The molecule has 0 spiro atoms. The van der Waals surface area contributed by atoms with Crippen LogP contribution in [0.5, 0.6) is 0 Å². The lowest BCUT2D eigenvalue weighted by molar-refractivity contribution is -0.356. The average molecular weight is 282 g/mol. The number of alkyl halides is 3. The van der Waals surface area contributed by atoms with Crippen molar-refractivity contribution in [1.82, 2.24) is 0 Å². The van der Waals surface area contributed by atoms with E-state index in [-0.39, 0.29) is 13.8 Å². The van der Waals surface area contributed by atoms with Crippen LogP contribution in [0.1, 0.15) is 38.7 Å². The standard InChI is InChI=1S/C11H13F3O2S.CH4/c1-10(2)15-7(8-4-3-5-17-8)6-9(16-10)11(12,13)14;/h3-5,7,9H,6H2,1-2H3;1H4. The first kappa shape index (κ1) is 15.5. The van der Waals surface area contributed by atoms with Gasteiger partial charge in [-0.3, -0.25) is 0 Å². The third-order valence-corrected chi connectivity index (χ3v) is 3.47. The van der Waals surface area contributed by atoms with Crippen molar-refractivity contribution < 1.29 is 22.6 Å². The molecule has 2 atom stereocenters. The molecule has 2 heterocycles. The number of ether oxygens (including phenoxy) is 2. The molecule has 2 rings (SSSR count). The maximum absolute atomic E-state index is 12.7. The van der Waals surface area contributed by atoms with Gasteiger partial charge in [-0.25, -0.2) is 0 Å². The summed E-state index contributed by atoms with van der Waals surface area (Å²) in [6.07, 6.45) is -6.85. The number of halogens is 3. The van der Waals surface area contributed by atoms with Gasteiger partial charge in [0.05, 0.1) is 6.10 Å². The molecule has 104 valence electrons. The second-order valence-corrected chi connectivity index (χ2v) is 5.38. The molecule has 6 heteroatoms. The van der Waals surface area contributed by atoms with Gasteiger partial charge in [-0.05, 0) is 25.3 Å². The van der Waals surface area contributed by atoms with E-state index in [0.717, 1.165) is 4.88 Å². The van der Waals surface area contributed by atoms with Crippen molar-refractivity contribution in [3.63, 3.8) is 0 Å². The highest BCUT2D eigenvalue weighted by atomic mass is 32.1. The summed E-state index contributed by atoms with van der Waals surface area (Å²) in [4.78, 5) is 0.802. The zero-order valence-corrected chi connectivity index (χ0v) is 10.3. The summed E-state index contributed by atoms with van der Waals surface area (Å²) in [6.45, 7) is 3.01. The van der Waals surface area contributed by atoms with Crippen LogP contribution in [0.15, 0.2) is 17.5 Å². The van der Waals surface area contributed by atoms with Crippen molar-refractivity contribution in [1.29, 1.82) is 0 Å². The average Bonchev–Trinajstić information content (AvgIpc) is 2.66. The van der Waals surface area contributed by atoms with Gasteiger partial charge in [0.15, 0.2) is 11.9 Å². The van der Waals surface area contributed by atoms with Gasteiger partial charge in [0.2, 0.25) is 0 Å². The van der Waals surface area contributed by atoms with Gasteiger partial charge in [-0.15, -0.1) is 11.3 Å². The Balaban J connectivity index is 0.00000162. The molecule has 2 nitrogen and oxygen atoms in total. The fourth-order valence-electron chi connectivity index (χ4n) is 1.85. The van der Waals surface area contributed by atoms with E-state index in [9.17, 15) is 13.2 Å². The highest BCUT2D eigenvalue weighted by Gasteiger charge is 2.49. The molecule has 0 N–H and O–H groups in total. The van der Waals surface area contributed by atoms with Crippen LogP contribution in [0.2, 0.25) is 0 Å². The third-order valence-electron chi connectivity index (χ3n) is 2.51. The van der Waals surface area contributed by atoms with E-state index < -0.39 is 24.2 Å². The quantitative estimate of drug-likeness (QED) is 0.753. The molecule has 1 aromatic heterocycles. The summed E-state index contributed by atoms with van der Waals surface area (Å²) in [7, 11) is 0. The summed E-state index contributed by atoms with van der Waals surface area (Å²) in [5.74, 6) is -1.22. The zero-order valence-electron chi connectivity index (χ0n) is 9.45. The Bertz CT molecular complexity index is 373. The molecule has 1 aliphatic heterocycles. The van der Waals surface area contributed by atoms with Crippen molar-refractivity contribution in [2.45, 2.75) is 51.9 Å². The summed E-state index contributed by atoms with van der Waals surface area (Å²) in [5.41, 5.74) is 0. The fourth-order valence-corrected chi connectivity index (χ4v) is 2.62. The second kappa shape index (κ2) is 5.19. The maximum Gasteiger partial charge on any atom is 0.414 e. The van der Waals surface area contributed by atoms with E-state index in [1.165, 1.54) is 25.2 Å². The molecule has 2 unspecified atom stereocenters. The molecule has 0 bridgehead atoms. The SMILES string of the molecule is C.CC1(C)OC(c2cccs2)CC(C(F)(F)F)O1. The minimum absolute atomic E-state index is 0. The molecular weight excluding hydrogens is 265 g/mol. The minimum Gasteiger partial charge on any atom is -0.342 e. The van der Waals surface area contributed by atoms with E-state index >= 15 is 0 Å². The molecule has 0 aliphatic carbocycles. The topological polar surface area (TPSA) is 18.5 Å². The van der Waals surface area contributed by atoms with Crippen LogP contribution in [-0.2, 0) is 9.47 Å². The molecule has 0 aromatic carbocycles. The maximum atomic E-state index is 12.7. The van der Waals surface area contributed by atoms with Gasteiger partial charge in [0, 0.05) is 11.3 Å². The Morgan fingerprint density at radius 1 is 1.33 bits per heavy atom. The molecule has 0 radical (unpaired) electrons. The Morgan fingerprint density at radius 2 is 2.00 bits per heavy atom. The lowest BCUT2D eigenvalue weighted by atomic mass is 10.1. The second-order valence-electron chi connectivity index (χ2n) is 4.41. The van der Waals surface area contributed by atoms with E-state index in [1.54, 1.807) is 12.1 Å². The van der Waals surface area contributed by atoms with Crippen LogP contribution in [0.3, 0.4) is 0 Å². The predicted octanol–water partition coefficient (Wildman–Crippen LogP) is 4.53. The van der Waals surface area contributed by atoms with Gasteiger partial charge in [0.25, 0.3) is 0 Å². The lowest BCUT2D eigenvalue weighted by Crippen LogP contribution is -2.47. The monoisotopic (exact) mass is 282 g/mol. The first-order chi connectivity index (χ1) is 7.78. The van der Waals surface area contributed by atoms with Crippen LogP contribution < -0.4 is 0 Å². The fraction of sp³-hybridized carbons (Fsp3) is 0.667. The highest BCUT2D eigenvalue weighted by molar-refractivity contribution is 7.10. The Hall–Kier alpha value is -0.590. The van der Waals surface area contributed by atoms with E-state index in [1.807, 2.05) is 5.38 Å². The number of thiophene rings is 1. The van der Waals surface area contributed by atoms with E-state index in [2.05, 4.69) is 0 Å². The van der Waals surface area contributed by atoms with Gasteiger partial charge in [-0.1, -0.05) is 13.5 Å². The largest absolute Gasteiger partial charge is 0.414 e. The van der Waals surface area contributed by atoms with E-state index in [0.29, 0.717) is 0 Å². The zero-order chi connectivity index (χ0) is 12.7. The molecular formula is C12H17F3O2S. The van der Waals surface area contributed by atoms with E-state index in [4.69, 9.17) is 9.47 Å².